The van der Waals surface area contributed by atoms with Crippen molar-refractivity contribution in [1.82, 2.24) is 9.88 Å². The molecule has 3 heterocycles. The average molecular weight is 304 g/mol. The second kappa shape index (κ2) is 5.22. The zero-order valence-corrected chi connectivity index (χ0v) is 12.4. The highest BCUT2D eigenvalue weighted by Gasteiger charge is 2.43. The van der Waals surface area contributed by atoms with Crippen LogP contribution in [0.4, 0.5) is 0 Å². The van der Waals surface area contributed by atoms with Gasteiger partial charge >= 0.3 is 0 Å². The van der Waals surface area contributed by atoms with Crippen molar-refractivity contribution in [2.45, 2.75) is 12.5 Å². The van der Waals surface area contributed by atoms with E-state index in [2.05, 4.69) is 4.98 Å². The first kappa shape index (κ1) is 14.2. The lowest BCUT2D eigenvalue weighted by molar-refractivity contribution is -0.109. The maximum absolute atomic E-state index is 12.3. The van der Waals surface area contributed by atoms with E-state index in [1.165, 1.54) is 11.3 Å². The highest BCUT2D eigenvalue weighted by atomic mass is 32.1. The number of pyridine rings is 1. The smallest absolute Gasteiger partial charge is 0.264 e. The van der Waals surface area contributed by atoms with Gasteiger partial charge in [0.2, 0.25) is 0 Å². The van der Waals surface area contributed by atoms with Gasteiger partial charge in [-0.2, -0.15) is 0 Å². The number of nitrogens with zero attached hydrogens (tertiary/aromatic N) is 2. The summed E-state index contributed by atoms with van der Waals surface area (Å²) in [5, 5.41) is 18.8. The lowest BCUT2D eigenvalue weighted by Crippen LogP contribution is -2.65. The summed E-state index contributed by atoms with van der Waals surface area (Å²) in [5.74, 6) is -0.101. The molecule has 1 amide bonds. The maximum atomic E-state index is 12.3. The van der Waals surface area contributed by atoms with Crippen LogP contribution in [0.2, 0.25) is 0 Å². The molecule has 0 aliphatic carbocycles. The SMILES string of the molecule is Cc1cnccc1-c1ccc(C(=O)N2CC(O)(CO)C2)s1. The fraction of sp³-hybridized carbons (Fsp3) is 0.333. The summed E-state index contributed by atoms with van der Waals surface area (Å²) in [6.07, 6.45) is 3.54. The Balaban J connectivity index is 1.77. The molecule has 0 aromatic carbocycles. The minimum atomic E-state index is -1.13. The number of amides is 1. The number of aromatic nitrogens is 1. The molecule has 0 bridgehead atoms. The summed E-state index contributed by atoms with van der Waals surface area (Å²) >= 11 is 1.43. The third-order valence-electron chi connectivity index (χ3n) is 3.65. The highest BCUT2D eigenvalue weighted by Crippen LogP contribution is 2.32. The van der Waals surface area contributed by atoms with Gasteiger partial charge in [-0.3, -0.25) is 9.78 Å². The summed E-state index contributed by atoms with van der Waals surface area (Å²) in [6, 6.07) is 5.67. The van der Waals surface area contributed by atoms with Gasteiger partial charge in [0, 0.05) is 17.3 Å². The van der Waals surface area contributed by atoms with Gasteiger partial charge in [-0.15, -0.1) is 11.3 Å². The molecule has 0 radical (unpaired) electrons. The number of thiophene rings is 1. The van der Waals surface area contributed by atoms with Crippen molar-refractivity contribution < 1.29 is 15.0 Å². The molecule has 2 aromatic heterocycles. The Kier molecular flexibility index (Phi) is 3.52. The number of aliphatic hydroxyl groups excluding tert-OH is 1. The minimum Gasteiger partial charge on any atom is -0.393 e. The van der Waals surface area contributed by atoms with Gasteiger partial charge in [0.25, 0.3) is 5.91 Å². The van der Waals surface area contributed by atoms with Gasteiger partial charge in [-0.05, 0) is 36.2 Å². The van der Waals surface area contributed by atoms with Crippen molar-refractivity contribution in [1.29, 1.82) is 0 Å². The molecule has 0 spiro atoms. The molecule has 1 saturated heterocycles. The van der Waals surface area contributed by atoms with E-state index in [0.717, 1.165) is 16.0 Å². The van der Waals surface area contributed by atoms with Crippen molar-refractivity contribution in [3.8, 4) is 10.4 Å². The Morgan fingerprint density at radius 1 is 1.43 bits per heavy atom. The van der Waals surface area contributed by atoms with Crippen molar-refractivity contribution in [3.05, 3.63) is 41.0 Å². The topological polar surface area (TPSA) is 73.7 Å². The van der Waals surface area contributed by atoms with Crippen molar-refractivity contribution in [2.75, 3.05) is 19.7 Å². The fourth-order valence-corrected chi connectivity index (χ4v) is 3.48. The van der Waals surface area contributed by atoms with Gasteiger partial charge in [0.05, 0.1) is 24.6 Å². The van der Waals surface area contributed by atoms with Gasteiger partial charge in [0.1, 0.15) is 5.60 Å². The van der Waals surface area contributed by atoms with Crippen molar-refractivity contribution >= 4 is 17.2 Å². The molecule has 5 nitrogen and oxygen atoms in total. The van der Waals surface area contributed by atoms with Crippen LogP contribution in [-0.2, 0) is 0 Å². The summed E-state index contributed by atoms with van der Waals surface area (Å²) < 4.78 is 0. The zero-order chi connectivity index (χ0) is 15.0. The number of carbonyl (C=O) groups excluding carboxylic acids is 1. The van der Waals surface area contributed by atoms with Crippen LogP contribution in [0, 0.1) is 6.92 Å². The number of aliphatic hydroxyl groups is 2. The first-order chi connectivity index (χ1) is 10.0. The van der Waals surface area contributed by atoms with Crippen LogP contribution in [0.5, 0.6) is 0 Å². The van der Waals surface area contributed by atoms with E-state index in [4.69, 9.17) is 5.11 Å². The number of aryl methyl sites for hydroxylation is 1. The van der Waals surface area contributed by atoms with Crippen LogP contribution in [-0.4, -0.2) is 51.3 Å². The summed E-state index contributed by atoms with van der Waals surface area (Å²) in [7, 11) is 0. The van der Waals surface area contributed by atoms with E-state index in [1.807, 2.05) is 19.1 Å². The van der Waals surface area contributed by atoms with Crippen molar-refractivity contribution in [3.63, 3.8) is 0 Å². The minimum absolute atomic E-state index is 0.101. The predicted octanol–water partition coefficient (Wildman–Crippen LogP) is 1.30. The largest absolute Gasteiger partial charge is 0.393 e. The predicted molar refractivity (Wildman–Crippen MR) is 80.2 cm³/mol. The number of hydrogen-bond acceptors (Lipinski definition) is 5. The van der Waals surface area contributed by atoms with Crippen LogP contribution < -0.4 is 0 Å². The van der Waals surface area contributed by atoms with Gasteiger partial charge in [-0.25, -0.2) is 0 Å². The van der Waals surface area contributed by atoms with Crippen LogP contribution in [0.25, 0.3) is 10.4 Å². The normalized spacial score (nSPS) is 16.6. The third-order valence-corrected chi connectivity index (χ3v) is 4.76. The molecule has 0 saturated carbocycles. The number of carbonyl (C=O) groups is 1. The monoisotopic (exact) mass is 304 g/mol. The Hall–Kier alpha value is -1.76. The van der Waals surface area contributed by atoms with E-state index >= 15 is 0 Å². The third kappa shape index (κ3) is 2.57. The molecule has 1 aliphatic rings. The molecular weight excluding hydrogens is 288 g/mol. The lowest BCUT2D eigenvalue weighted by Gasteiger charge is -2.45. The molecule has 1 aliphatic heterocycles. The Morgan fingerprint density at radius 2 is 2.19 bits per heavy atom. The number of hydrogen-bond donors (Lipinski definition) is 2. The molecule has 0 atom stereocenters. The molecule has 21 heavy (non-hydrogen) atoms. The second-order valence-corrected chi connectivity index (χ2v) is 6.48. The molecule has 2 aromatic rings. The molecule has 2 N–H and O–H groups in total. The molecule has 1 fully saturated rings. The standard InChI is InChI=1S/C15H16N2O3S/c1-10-6-16-5-4-11(10)12-2-3-13(21-12)14(19)17-7-15(20,8-17)9-18/h2-6,18,20H,7-9H2,1H3. The second-order valence-electron chi connectivity index (χ2n) is 5.40. The summed E-state index contributed by atoms with van der Waals surface area (Å²) in [4.78, 5) is 19.6. The van der Waals surface area contributed by atoms with E-state index in [9.17, 15) is 9.90 Å². The number of likely N-dealkylation sites (tertiary alicyclic amines) is 1. The van der Waals surface area contributed by atoms with Crippen LogP contribution in [0.15, 0.2) is 30.6 Å². The molecular formula is C15H16N2O3S. The van der Waals surface area contributed by atoms with Crippen LogP contribution in [0.1, 0.15) is 15.2 Å². The zero-order valence-electron chi connectivity index (χ0n) is 11.6. The van der Waals surface area contributed by atoms with Gasteiger partial charge in [0.15, 0.2) is 0 Å². The first-order valence-corrected chi connectivity index (χ1v) is 7.47. The lowest BCUT2D eigenvalue weighted by atomic mass is 9.95. The van der Waals surface area contributed by atoms with Crippen LogP contribution in [0.3, 0.4) is 0 Å². The number of β-amino-alcohol motifs (C(OH)–C–C–N with tert-alkyl or cyclic N) is 1. The maximum Gasteiger partial charge on any atom is 0.264 e. The Bertz CT molecular complexity index is 677. The molecule has 110 valence electrons. The van der Waals surface area contributed by atoms with E-state index in [-0.39, 0.29) is 25.6 Å². The highest BCUT2D eigenvalue weighted by molar-refractivity contribution is 7.17. The molecule has 0 unspecified atom stereocenters. The summed E-state index contributed by atoms with van der Waals surface area (Å²) in [6.45, 7) is 2.04. The Labute approximate surface area is 126 Å². The fourth-order valence-electron chi connectivity index (χ4n) is 2.41. The quantitative estimate of drug-likeness (QED) is 0.896. The van der Waals surface area contributed by atoms with E-state index in [1.54, 1.807) is 23.4 Å². The van der Waals surface area contributed by atoms with Crippen LogP contribution >= 0.6 is 11.3 Å². The molecule has 6 heteroatoms. The first-order valence-electron chi connectivity index (χ1n) is 6.66. The van der Waals surface area contributed by atoms with E-state index in [0.29, 0.717) is 4.88 Å². The number of rotatable bonds is 3. The average Bonchev–Trinajstić information content (AvgIpc) is 2.93. The Morgan fingerprint density at radius 3 is 2.86 bits per heavy atom. The van der Waals surface area contributed by atoms with Gasteiger partial charge < -0.3 is 15.1 Å². The van der Waals surface area contributed by atoms with Gasteiger partial charge in [-0.1, -0.05) is 0 Å². The van der Waals surface area contributed by atoms with E-state index < -0.39 is 5.60 Å². The molecule has 3 rings (SSSR count). The summed E-state index contributed by atoms with van der Waals surface area (Å²) in [5.41, 5.74) is 1.01. The van der Waals surface area contributed by atoms with Crippen molar-refractivity contribution in [2.24, 2.45) is 0 Å².